The summed E-state index contributed by atoms with van der Waals surface area (Å²) in [5.74, 6) is -2.60. The maximum Gasteiger partial charge on any atom is 0.422 e. The molecule has 0 spiro atoms. The second kappa shape index (κ2) is 6.24. The summed E-state index contributed by atoms with van der Waals surface area (Å²) in [7, 11) is 0. The molecule has 3 rings (SSSR count). The van der Waals surface area contributed by atoms with Crippen LogP contribution in [0.4, 0.5) is 17.6 Å². The number of phenols is 1. The van der Waals surface area contributed by atoms with E-state index in [9.17, 15) is 22.7 Å². The molecule has 0 atom stereocenters. The predicted octanol–water partition coefficient (Wildman–Crippen LogP) is 6.19. The summed E-state index contributed by atoms with van der Waals surface area (Å²) in [6, 6.07) is 16.3. The topological polar surface area (TPSA) is 20.2 Å². The smallest absolute Gasteiger partial charge is 0.422 e. The van der Waals surface area contributed by atoms with E-state index in [0.717, 1.165) is 28.8 Å². The minimum Gasteiger partial charge on any atom is -0.507 e. The van der Waals surface area contributed by atoms with Crippen LogP contribution >= 0.6 is 0 Å². The van der Waals surface area contributed by atoms with Crippen LogP contribution in [0.2, 0.25) is 0 Å². The van der Waals surface area contributed by atoms with Crippen LogP contribution in [0.25, 0.3) is 22.3 Å². The van der Waals surface area contributed by atoms with Gasteiger partial charge in [-0.05, 0) is 35.7 Å². The molecule has 0 aliphatic heterocycles. The van der Waals surface area contributed by atoms with Crippen LogP contribution in [0, 0.1) is 12.7 Å². The van der Waals surface area contributed by atoms with E-state index in [1.807, 2.05) is 31.2 Å². The SMILES string of the molecule is Cc1ccc(-c2ccc(-c3ccc(O)c(C(F)(F)F)c3F)cc2)cc1. The van der Waals surface area contributed by atoms with E-state index in [-0.39, 0.29) is 5.56 Å². The van der Waals surface area contributed by atoms with Gasteiger partial charge in [-0.2, -0.15) is 13.2 Å². The van der Waals surface area contributed by atoms with Crippen molar-refractivity contribution in [3.8, 4) is 28.0 Å². The highest BCUT2D eigenvalue weighted by Gasteiger charge is 2.38. The lowest BCUT2D eigenvalue weighted by molar-refractivity contribution is -0.141. The Kier molecular flexibility index (Phi) is 4.25. The number of rotatable bonds is 2. The number of aryl methyl sites for hydroxylation is 1. The number of hydrogen-bond donors (Lipinski definition) is 1. The minimum atomic E-state index is -4.97. The Morgan fingerprint density at radius 3 is 1.72 bits per heavy atom. The van der Waals surface area contributed by atoms with Crippen LogP contribution in [0.5, 0.6) is 5.75 Å². The summed E-state index contributed by atoms with van der Waals surface area (Å²) < 4.78 is 53.1. The van der Waals surface area contributed by atoms with E-state index in [0.29, 0.717) is 5.56 Å². The molecule has 0 heterocycles. The van der Waals surface area contributed by atoms with Crippen molar-refractivity contribution in [3.05, 3.63) is 77.6 Å². The zero-order valence-corrected chi connectivity index (χ0v) is 13.2. The molecule has 0 aliphatic carbocycles. The number of phenolic OH excluding ortho intramolecular Hbond substituents is 1. The predicted molar refractivity (Wildman–Crippen MR) is 88.7 cm³/mol. The molecule has 0 bridgehead atoms. The van der Waals surface area contributed by atoms with E-state index >= 15 is 0 Å². The first-order valence-electron chi connectivity index (χ1n) is 7.53. The van der Waals surface area contributed by atoms with Crippen molar-refractivity contribution in [2.24, 2.45) is 0 Å². The molecule has 0 fully saturated rings. The van der Waals surface area contributed by atoms with Crippen LogP contribution in [-0.2, 0) is 6.18 Å². The zero-order valence-electron chi connectivity index (χ0n) is 13.2. The van der Waals surface area contributed by atoms with Gasteiger partial charge in [-0.15, -0.1) is 0 Å². The van der Waals surface area contributed by atoms with Gasteiger partial charge in [0.15, 0.2) is 0 Å². The molecule has 0 radical (unpaired) electrons. The first-order chi connectivity index (χ1) is 11.8. The number of aromatic hydroxyl groups is 1. The monoisotopic (exact) mass is 346 g/mol. The van der Waals surface area contributed by atoms with Crippen molar-refractivity contribution >= 4 is 0 Å². The van der Waals surface area contributed by atoms with E-state index < -0.39 is 23.3 Å². The summed E-state index contributed by atoms with van der Waals surface area (Å²) in [6.07, 6.45) is -4.97. The fraction of sp³-hybridized carbons (Fsp3) is 0.100. The largest absolute Gasteiger partial charge is 0.507 e. The molecule has 0 aromatic heterocycles. The third kappa shape index (κ3) is 3.36. The van der Waals surface area contributed by atoms with Crippen LogP contribution in [0.15, 0.2) is 60.7 Å². The zero-order chi connectivity index (χ0) is 18.2. The molecular weight excluding hydrogens is 332 g/mol. The van der Waals surface area contributed by atoms with Gasteiger partial charge in [0.05, 0.1) is 0 Å². The van der Waals surface area contributed by atoms with Gasteiger partial charge in [-0.3, -0.25) is 0 Å². The molecule has 3 aromatic carbocycles. The Hall–Kier alpha value is -2.82. The maximum absolute atomic E-state index is 14.3. The van der Waals surface area contributed by atoms with Crippen molar-refractivity contribution in [2.45, 2.75) is 13.1 Å². The van der Waals surface area contributed by atoms with Crippen LogP contribution in [-0.4, -0.2) is 5.11 Å². The summed E-state index contributed by atoms with van der Waals surface area (Å²) in [6.45, 7) is 1.97. The Bertz CT molecular complexity index is 895. The van der Waals surface area contributed by atoms with E-state index in [2.05, 4.69) is 0 Å². The number of alkyl halides is 3. The van der Waals surface area contributed by atoms with Gasteiger partial charge in [0.1, 0.15) is 17.1 Å². The van der Waals surface area contributed by atoms with Gasteiger partial charge < -0.3 is 5.11 Å². The molecule has 5 heteroatoms. The second-order valence-electron chi connectivity index (χ2n) is 5.76. The van der Waals surface area contributed by atoms with Gasteiger partial charge in [-0.25, -0.2) is 4.39 Å². The fourth-order valence-electron chi connectivity index (χ4n) is 2.65. The van der Waals surface area contributed by atoms with Crippen molar-refractivity contribution in [2.75, 3.05) is 0 Å². The van der Waals surface area contributed by atoms with Crippen LogP contribution in [0.1, 0.15) is 11.1 Å². The minimum absolute atomic E-state index is 0.208. The second-order valence-corrected chi connectivity index (χ2v) is 5.76. The number of halogens is 4. The van der Waals surface area contributed by atoms with Crippen LogP contribution in [0.3, 0.4) is 0 Å². The lowest BCUT2D eigenvalue weighted by atomic mass is 9.97. The summed E-state index contributed by atoms with van der Waals surface area (Å²) in [4.78, 5) is 0. The molecule has 1 nitrogen and oxygen atoms in total. The van der Waals surface area contributed by atoms with Crippen molar-refractivity contribution in [1.82, 2.24) is 0 Å². The Morgan fingerprint density at radius 1 is 0.720 bits per heavy atom. The van der Waals surface area contributed by atoms with E-state index in [1.165, 1.54) is 0 Å². The molecule has 25 heavy (non-hydrogen) atoms. The van der Waals surface area contributed by atoms with E-state index in [1.54, 1.807) is 24.3 Å². The van der Waals surface area contributed by atoms with Gasteiger partial charge in [-0.1, -0.05) is 54.1 Å². The highest BCUT2D eigenvalue weighted by Crippen LogP contribution is 2.41. The molecule has 0 saturated heterocycles. The molecular formula is C20H14F4O. The number of hydrogen-bond acceptors (Lipinski definition) is 1. The van der Waals surface area contributed by atoms with E-state index in [4.69, 9.17) is 0 Å². The van der Waals surface area contributed by atoms with Gasteiger partial charge in [0, 0.05) is 5.56 Å². The van der Waals surface area contributed by atoms with Crippen molar-refractivity contribution in [3.63, 3.8) is 0 Å². The van der Waals surface area contributed by atoms with Gasteiger partial charge in [0.25, 0.3) is 0 Å². The molecule has 3 aromatic rings. The lowest BCUT2D eigenvalue weighted by Gasteiger charge is -2.13. The summed E-state index contributed by atoms with van der Waals surface area (Å²) in [5.41, 5.74) is 1.40. The molecule has 0 aliphatic rings. The summed E-state index contributed by atoms with van der Waals surface area (Å²) in [5, 5.41) is 9.35. The molecule has 128 valence electrons. The third-order valence-corrected chi connectivity index (χ3v) is 3.98. The third-order valence-electron chi connectivity index (χ3n) is 3.98. The number of benzene rings is 3. The average molecular weight is 346 g/mol. The average Bonchev–Trinajstić information content (AvgIpc) is 2.55. The fourth-order valence-corrected chi connectivity index (χ4v) is 2.65. The van der Waals surface area contributed by atoms with Crippen molar-refractivity contribution in [1.29, 1.82) is 0 Å². The summed E-state index contributed by atoms with van der Waals surface area (Å²) >= 11 is 0. The first-order valence-corrected chi connectivity index (χ1v) is 7.53. The molecule has 0 unspecified atom stereocenters. The Morgan fingerprint density at radius 2 is 1.20 bits per heavy atom. The standard InChI is InChI=1S/C20H14F4O/c1-12-2-4-13(5-3-12)14-6-8-15(9-7-14)16-10-11-17(25)18(19(16)21)20(22,23)24/h2-11,25H,1H3. The quantitative estimate of drug-likeness (QED) is 0.548. The van der Waals surface area contributed by atoms with Gasteiger partial charge >= 0.3 is 6.18 Å². The first kappa shape index (κ1) is 17.0. The highest BCUT2D eigenvalue weighted by atomic mass is 19.4. The molecule has 1 N–H and O–H groups in total. The van der Waals surface area contributed by atoms with Crippen molar-refractivity contribution < 1.29 is 22.7 Å². The molecule has 0 saturated carbocycles. The Balaban J connectivity index is 2.02. The van der Waals surface area contributed by atoms with Gasteiger partial charge in [0.2, 0.25) is 0 Å². The highest BCUT2D eigenvalue weighted by molar-refractivity contribution is 5.72. The Labute approximate surface area is 142 Å². The van der Waals surface area contributed by atoms with Crippen LogP contribution < -0.4 is 0 Å². The lowest BCUT2D eigenvalue weighted by Crippen LogP contribution is -2.09. The maximum atomic E-state index is 14.3. The normalized spacial score (nSPS) is 11.6. The molecule has 0 amide bonds.